The number of nitrogens with zero attached hydrogens (tertiary/aromatic N) is 1. The Bertz CT molecular complexity index is 1220. The zero-order valence-electron chi connectivity index (χ0n) is 19.7. The van der Waals surface area contributed by atoms with E-state index in [1.54, 1.807) is 24.3 Å². The molecule has 0 radical (unpaired) electrons. The molecule has 0 spiro atoms. The Kier molecular flexibility index (Phi) is 8.59. The Morgan fingerprint density at radius 2 is 1.69 bits per heavy atom. The van der Waals surface area contributed by atoms with E-state index < -0.39 is 36.1 Å². The summed E-state index contributed by atoms with van der Waals surface area (Å²) in [6, 6.07) is 13.5. The normalized spacial score (nSPS) is 11.9. The first-order valence-electron chi connectivity index (χ1n) is 11.2. The number of nitrogens with one attached hydrogen (secondary N) is 1. The smallest absolute Gasteiger partial charge is 0.262 e. The number of imide groups is 1. The largest absolute Gasteiger partial charge is 0.394 e. The second-order valence-corrected chi connectivity index (χ2v) is 9.16. The van der Waals surface area contributed by atoms with Crippen LogP contribution in [0.4, 0.5) is 20.2 Å². The minimum absolute atomic E-state index is 0.0328. The van der Waals surface area contributed by atoms with Gasteiger partial charge in [-0.05, 0) is 61.7 Å². The quantitative estimate of drug-likeness (QED) is 0.353. The highest BCUT2D eigenvalue weighted by atomic mass is 35.5. The Labute approximate surface area is 208 Å². The lowest BCUT2D eigenvalue weighted by Gasteiger charge is -2.30. The van der Waals surface area contributed by atoms with E-state index in [4.69, 9.17) is 11.6 Å². The van der Waals surface area contributed by atoms with Crippen molar-refractivity contribution in [3.8, 4) is 0 Å². The van der Waals surface area contributed by atoms with Crippen molar-refractivity contribution in [1.29, 1.82) is 0 Å². The van der Waals surface area contributed by atoms with Gasteiger partial charge >= 0.3 is 0 Å². The Morgan fingerprint density at radius 3 is 2.26 bits per heavy atom. The van der Waals surface area contributed by atoms with Crippen LogP contribution < -0.4 is 5.32 Å². The SMILES string of the molecule is Cc1ccc(C(=O)N(C(=O)c2ccc(Nc3ccc(F)cc3F)cc2Cl)C(CO)CC(C)C)cc1. The van der Waals surface area contributed by atoms with Crippen LogP contribution in [-0.2, 0) is 0 Å². The molecule has 0 saturated heterocycles. The fourth-order valence-electron chi connectivity index (χ4n) is 3.71. The maximum absolute atomic E-state index is 14.0. The number of carbonyl (C=O) groups is 2. The summed E-state index contributed by atoms with van der Waals surface area (Å²) in [6.07, 6.45) is 0.404. The average Bonchev–Trinajstić information content (AvgIpc) is 2.80. The van der Waals surface area contributed by atoms with Gasteiger partial charge in [0.05, 0.1) is 28.9 Å². The first-order valence-corrected chi connectivity index (χ1v) is 11.6. The number of amides is 2. The van der Waals surface area contributed by atoms with Gasteiger partial charge in [-0.25, -0.2) is 8.78 Å². The number of hydrogen-bond donors (Lipinski definition) is 2. The van der Waals surface area contributed by atoms with Crippen molar-refractivity contribution in [1.82, 2.24) is 4.90 Å². The lowest BCUT2D eigenvalue weighted by atomic mass is 10.0. The summed E-state index contributed by atoms with van der Waals surface area (Å²) in [4.78, 5) is 28.0. The highest BCUT2D eigenvalue weighted by Gasteiger charge is 2.32. The molecule has 0 saturated carbocycles. The molecule has 3 aromatic carbocycles. The van der Waals surface area contributed by atoms with E-state index in [2.05, 4.69) is 5.32 Å². The maximum Gasteiger partial charge on any atom is 0.262 e. The first-order chi connectivity index (χ1) is 16.6. The molecule has 0 aliphatic carbocycles. The lowest BCUT2D eigenvalue weighted by molar-refractivity contribution is 0.0450. The van der Waals surface area contributed by atoms with E-state index in [0.717, 1.165) is 22.6 Å². The fraction of sp³-hybridized carbons (Fsp3) is 0.259. The van der Waals surface area contributed by atoms with Crippen LogP contribution in [0.3, 0.4) is 0 Å². The first kappa shape index (κ1) is 26.3. The van der Waals surface area contributed by atoms with Crippen LogP contribution in [0.15, 0.2) is 60.7 Å². The van der Waals surface area contributed by atoms with Crippen LogP contribution in [0.1, 0.15) is 46.5 Å². The number of anilines is 2. The van der Waals surface area contributed by atoms with Crippen molar-refractivity contribution >= 4 is 34.8 Å². The number of benzene rings is 3. The van der Waals surface area contributed by atoms with Gasteiger partial charge in [0.15, 0.2) is 0 Å². The summed E-state index contributed by atoms with van der Waals surface area (Å²) >= 11 is 6.41. The number of carbonyl (C=O) groups excluding carboxylic acids is 2. The van der Waals surface area contributed by atoms with Crippen LogP contribution >= 0.6 is 11.6 Å². The molecule has 0 aliphatic heterocycles. The van der Waals surface area contributed by atoms with Crippen LogP contribution in [0.2, 0.25) is 5.02 Å². The molecule has 3 rings (SSSR count). The molecule has 0 heterocycles. The zero-order chi connectivity index (χ0) is 25.7. The monoisotopic (exact) mass is 500 g/mol. The molecule has 5 nitrogen and oxygen atoms in total. The number of hydrogen-bond acceptors (Lipinski definition) is 4. The van der Waals surface area contributed by atoms with Crippen LogP contribution in [0, 0.1) is 24.5 Å². The summed E-state index contributed by atoms with van der Waals surface area (Å²) in [5, 5.41) is 12.9. The molecule has 2 N–H and O–H groups in total. The van der Waals surface area contributed by atoms with Crippen LogP contribution in [-0.4, -0.2) is 34.5 Å². The highest BCUT2D eigenvalue weighted by molar-refractivity contribution is 6.34. The summed E-state index contributed by atoms with van der Waals surface area (Å²) in [5.41, 5.74) is 1.74. The zero-order valence-corrected chi connectivity index (χ0v) is 20.4. The molecule has 184 valence electrons. The van der Waals surface area contributed by atoms with Gasteiger partial charge in [0.2, 0.25) is 0 Å². The second-order valence-electron chi connectivity index (χ2n) is 8.76. The Balaban J connectivity index is 1.95. The topological polar surface area (TPSA) is 69.6 Å². The molecule has 1 unspecified atom stereocenters. The third kappa shape index (κ3) is 6.44. The van der Waals surface area contributed by atoms with Gasteiger partial charge in [-0.2, -0.15) is 0 Å². The molecule has 3 aromatic rings. The van der Waals surface area contributed by atoms with E-state index in [1.165, 1.54) is 24.3 Å². The van der Waals surface area contributed by atoms with Crippen LogP contribution in [0.25, 0.3) is 0 Å². The Morgan fingerprint density at radius 1 is 1.00 bits per heavy atom. The van der Waals surface area contributed by atoms with Crippen molar-refractivity contribution in [3.63, 3.8) is 0 Å². The minimum Gasteiger partial charge on any atom is -0.394 e. The molecule has 35 heavy (non-hydrogen) atoms. The molecule has 0 bridgehead atoms. The molecule has 0 fully saturated rings. The van der Waals surface area contributed by atoms with E-state index in [-0.39, 0.29) is 22.2 Å². The lowest BCUT2D eigenvalue weighted by Crippen LogP contribution is -2.47. The standard InChI is InChI=1S/C27H27ClF2N2O3/c1-16(2)12-21(15-33)32(26(34)18-6-4-17(3)5-7-18)27(35)22-10-9-20(14-23(22)28)31-25-11-8-19(29)13-24(25)30/h4-11,13-14,16,21,31,33H,12,15H2,1-3H3. The highest BCUT2D eigenvalue weighted by Crippen LogP contribution is 2.28. The predicted molar refractivity (Wildman–Crippen MR) is 133 cm³/mol. The van der Waals surface area contributed by atoms with Gasteiger partial charge < -0.3 is 10.4 Å². The van der Waals surface area contributed by atoms with Gasteiger partial charge in [-0.1, -0.05) is 43.1 Å². The molecule has 0 aliphatic rings. The molecule has 1 atom stereocenters. The molecular formula is C27H27ClF2N2O3. The molecule has 0 aromatic heterocycles. The van der Waals surface area contributed by atoms with Crippen molar-refractivity contribution in [2.24, 2.45) is 5.92 Å². The molecule has 2 amide bonds. The van der Waals surface area contributed by atoms with Gasteiger partial charge in [-0.15, -0.1) is 0 Å². The van der Waals surface area contributed by atoms with Crippen molar-refractivity contribution in [2.75, 3.05) is 11.9 Å². The average molecular weight is 501 g/mol. The predicted octanol–water partition coefficient (Wildman–Crippen LogP) is 6.36. The third-order valence-electron chi connectivity index (χ3n) is 5.47. The van der Waals surface area contributed by atoms with Crippen molar-refractivity contribution in [2.45, 2.75) is 33.2 Å². The Hall–Kier alpha value is -3.29. The third-order valence-corrected chi connectivity index (χ3v) is 5.78. The molecule has 8 heteroatoms. The minimum atomic E-state index is -0.782. The number of aliphatic hydroxyl groups excluding tert-OH is 1. The van der Waals surface area contributed by atoms with Crippen molar-refractivity contribution < 1.29 is 23.5 Å². The van der Waals surface area contributed by atoms with E-state index in [9.17, 15) is 23.5 Å². The van der Waals surface area contributed by atoms with E-state index in [0.29, 0.717) is 17.7 Å². The maximum atomic E-state index is 14.0. The van der Waals surface area contributed by atoms with E-state index in [1.807, 2.05) is 20.8 Å². The summed E-state index contributed by atoms with van der Waals surface area (Å²) < 4.78 is 27.2. The number of rotatable bonds is 8. The summed E-state index contributed by atoms with van der Waals surface area (Å²) in [5.74, 6) is -2.57. The van der Waals surface area contributed by atoms with Gasteiger partial charge in [0.1, 0.15) is 11.6 Å². The van der Waals surface area contributed by atoms with Crippen LogP contribution in [0.5, 0.6) is 0 Å². The number of halogens is 3. The molecular weight excluding hydrogens is 474 g/mol. The fourth-order valence-corrected chi connectivity index (χ4v) is 3.97. The summed E-state index contributed by atoms with van der Waals surface area (Å²) in [7, 11) is 0. The number of aryl methyl sites for hydroxylation is 1. The number of aliphatic hydroxyl groups is 1. The van der Waals surface area contributed by atoms with Gasteiger partial charge in [0, 0.05) is 17.3 Å². The van der Waals surface area contributed by atoms with E-state index >= 15 is 0 Å². The van der Waals surface area contributed by atoms with Gasteiger partial charge in [0.25, 0.3) is 11.8 Å². The van der Waals surface area contributed by atoms with Crippen molar-refractivity contribution in [3.05, 3.63) is 94.0 Å². The van der Waals surface area contributed by atoms with Gasteiger partial charge in [-0.3, -0.25) is 14.5 Å². The second kappa shape index (κ2) is 11.4. The summed E-state index contributed by atoms with van der Waals surface area (Å²) in [6.45, 7) is 5.36.